The molecule has 0 saturated carbocycles. The van der Waals surface area contributed by atoms with E-state index in [-0.39, 0.29) is 17.6 Å². The van der Waals surface area contributed by atoms with Crippen LogP contribution in [0.15, 0.2) is 0 Å². The molecule has 1 saturated heterocycles. The molecule has 2 N–H and O–H groups in total. The SMILES string of the molecule is CC1CCC(C)(CN)CN1C(=O)OC(C)(C)C. The number of ether oxygens (including phenoxy) is 1. The Morgan fingerprint density at radius 2 is 2.12 bits per heavy atom. The average molecular weight is 242 g/mol. The third-order valence-electron chi connectivity index (χ3n) is 3.37. The fourth-order valence-electron chi connectivity index (χ4n) is 2.09. The molecule has 0 aromatic carbocycles. The molecule has 0 spiro atoms. The van der Waals surface area contributed by atoms with Gasteiger partial charge in [0.05, 0.1) is 0 Å². The highest BCUT2D eigenvalue weighted by Crippen LogP contribution is 2.32. The summed E-state index contributed by atoms with van der Waals surface area (Å²) in [5, 5.41) is 0. The van der Waals surface area contributed by atoms with Crippen LogP contribution in [0.3, 0.4) is 0 Å². The van der Waals surface area contributed by atoms with Crippen LogP contribution in [0.25, 0.3) is 0 Å². The second-order valence-electron chi connectivity index (χ2n) is 6.51. The smallest absolute Gasteiger partial charge is 0.410 e. The molecule has 2 atom stereocenters. The number of piperidine rings is 1. The largest absolute Gasteiger partial charge is 0.444 e. The third-order valence-corrected chi connectivity index (χ3v) is 3.37. The molecule has 17 heavy (non-hydrogen) atoms. The molecule has 2 unspecified atom stereocenters. The summed E-state index contributed by atoms with van der Waals surface area (Å²) >= 11 is 0. The summed E-state index contributed by atoms with van der Waals surface area (Å²) < 4.78 is 5.43. The molecular weight excluding hydrogens is 216 g/mol. The molecular formula is C13H26N2O2. The van der Waals surface area contributed by atoms with Gasteiger partial charge in [0.25, 0.3) is 0 Å². The van der Waals surface area contributed by atoms with Crippen molar-refractivity contribution in [3.63, 3.8) is 0 Å². The second-order valence-corrected chi connectivity index (χ2v) is 6.51. The number of likely N-dealkylation sites (tertiary alicyclic amines) is 1. The van der Waals surface area contributed by atoms with E-state index in [1.165, 1.54) is 0 Å². The third kappa shape index (κ3) is 3.87. The summed E-state index contributed by atoms with van der Waals surface area (Å²) in [6, 6.07) is 0.240. The van der Waals surface area contributed by atoms with E-state index in [1.54, 1.807) is 0 Å². The lowest BCUT2D eigenvalue weighted by atomic mass is 9.80. The first-order valence-electron chi connectivity index (χ1n) is 6.36. The molecule has 1 heterocycles. The lowest BCUT2D eigenvalue weighted by molar-refractivity contribution is -0.00583. The van der Waals surface area contributed by atoms with Gasteiger partial charge in [0.2, 0.25) is 0 Å². The first kappa shape index (κ1) is 14.3. The highest BCUT2D eigenvalue weighted by atomic mass is 16.6. The average Bonchev–Trinajstić information content (AvgIpc) is 2.19. The zero-order valence-electron chi connectivity index (χ0n) is 11.7. The molecule has 0 radical (unpaired) electrons. The van der Waals surface area contributed by atoms with Crippen LogP contribution in [0.2, 0.25) is 0 Å². The molecule has 1 aliphatic rings. The predicted octanol–water partition coefficient (Wildman–Crippen LogP) is 2.37. The minimum atomic E-state index is -0.437. The van der Waals surface area contributed by atoms with E-state index in [0.717, 1.165) is 12.8 Å². The molecule has 4 heteroatoms. The number of nitrogens with zero attached hydrogens (tertiary/aromatic N) is 1. The van der Waals surface area contributed by atoms with Crippen LogP contribution in [-0.2, 0) is 4.74 Å². The van der Waals surface area contributed by atoms with Crippen molar-refractivity contribution < 1.29 is 9.53 Å². The van der Waals surface area contributed by atoms with Crippen molar-refractivity contribution in [2.24, 2.45) is 11.1 Å². The highest BCUT2D eigenvalue weighted by molar-refractivity contribution is 5.68. The molecule has 1 amide bonds. The van der Waals surface area contributed by atoms with E-state index in [0.29, 0.717) is 13.1 Å². The van der Waals surface area contributed by atoms with Crippen molar-refractivity contribution in [1.82, 2.24) is 4.90 Å². The van der Waals surface area contributed by atoms with Crippen molar-refractivity contribution in [3.05, 3.63) is 0 Å². The number of hydrogen-bond donors (Lipinski definition) is 1. The maximum Gasteiger partial charge on any atom is 0.410 e. The number of amides is 1. The summed E-state index contributed by atoms with van der Waals surface area (Å²) in [5.74, 6) is 0. The first-order valence-corrected chi connectivity index (χ1v) is 6.36. The number of hydrogen-bond acceptors (Lipinski definition) is 3. The quantitative estimate of drug-likeness (QED) is 0.768. The highest BCUT2D eigenvalue weighted by Gasteiger charge is 2.37. The topological polar surface area (TPSA) is 55.6 Å². The minimum absolute atomic E-state index is 0.0312. The lowest BCUT2D eigenvalue weighted by Gasteiger charge is -2.43. The van der Waals surface area contributed by atoms with Crippen LogP contribution in [0, 0.1) is 5.41 Å². The van der Waals surface area contributed by atoms with Crippen molar-refractivity contribution in [1.29, 1.82) is 0 Å². The van der Waals surface area contributed by atoms with Gasteiger partial charge < -0.3 is 15.4 Å². The second kappa shape index (κ2) is 4.84. The monoisotopic (exact) mass is 242 g/mol. The Balaban J connectivity index is 2.70. The molecule has 1 rings (SSSR count). The first-order chi connectivity index (χ1) is 7.67. The van der Waals surface area contributed by atoms with Crippen molar-refractivity contribution >= 4 is 6.09 Å². The Hall–Kier alpha value is -0.770. The van der Waals surface area contributed by atoms with Crippen LogP contribution in [0.1, 0.15) is 47.5 Å². The van der Waals surface area contributed by atoms with E-state index >= 15 is 0 Å². The fraction of sp³-hybridized carbons (Fsp3) is 0.923. The van der Waals surface area contributed by atoms with E-state index in [9.17, 15) is 4.79 Å². The molecule has 100 valence electrons. The zero-order chi connectivity index (χ0) is 13.3. The number of rotatable bonds is 1. The Labute approximate surface area is 104 Å². The van der Waals surface area contributed by atoms with Gasteiger partial charge in [0, 0.05) is 12.6 Å². The summed E-state index contributed by atoms with van der Waals surface area (Å²) in [7, 11) is 0. The van der Waals surface area contributed by atoms with E-state index in [2.05, 4.69) is 13.8 Å². The van der Waals surface area contributed by atoms with Gasteiger partial charge in [-0.15, -0.1) is 0 Å². The summed E-state index contributed by atoms with van der Waals surface area (Å²) in [6.45, 7) is 11.2. The summed E-state index contributed by atoms with van der Waals surface area (Å²) in [4.78, 5) is 13.9. The van der Waals surface area contributed by atoms with Gasteiger partial charge in [-0.05, 0) is 52.5 Å². The Bertz CT molecular complexity index is 286. The van der Waals surface area contributed by atoms with Crippen LogP contribution < -0.4 is 5.73 Å². The number of carbonyl (C=O) groups is 1. The van der Waals surface area contributed by atoms with Gasteiger partial charge in [-0.3, -0.25) is 0 Å². The molecule has 0 bridgehead atoms. The molecule has 4 nitrogen and oxygen atoms in total. The summed E-state index contributed by atoms with van der Waals surface area (Å²) in [5.41, 5.74) is 5.39. The molecule has 0 aliphatic carbocycles. The van der Waals surface area contributed by atoms with Gasteiger partial charge in [-0.1, -0.05) is 6.92 Å². The molecule has 1 aliphatic heterocycles. The molecule has 0 aromatic rings. The van der Waals surface area contributed by atoms with Gasteiger partial charge in [-0.2, -0.15) is 0 Å². The molecule has 1 fully saturated rings. The molecule has 0 aromatic heterocycles. The van der Waals surface area contributed by atoms with Gasteiger partial charge in [0.1, 0.15) is 5.60 Å². The normalized spacial score (nSPS) is 30.2. The van der Waals surface area contributed by atoms with Crippen LogP contribution in [-0.4, -0.2) is 35.7 Å². The fourth-order valence-corrected chi connectivity index (χ4v) is 2.09. The van der Waals surface area contributed by atoms with Gasteiger partial charge in [0.15, 0.2) is 0 Å². The van der Waals surface area contributed by atoms with E-state index in [4.69, 9.17) is 10.5 Å². The van der Waals surface area contributed by atoms with E-state index in [1.807, 2.05) is 25.7 Å². The lowest BCUT2D eigenvalue weighted by Crippen LogP contribution is -2.53. The number of carbonyl (C=O) groups excluding carboxylic acids is 1. The summed E-state index contributed by atoms with van der Waals surface area (Å²) in [6.07, 6.45) is 1.85. The van der Waals surface area contributed by atoms with Crippen molar-refractivity contribution in [2.75, 3.05) is 13.1 Å². The standard InChI is InChI=1S/C13H26N2O2/c1-10-6-7-13(5,8-14)9-15(10)11(16)17-12(2,3)4/h10H,6-9,14H2,1-5H3. The van der Waals surface area contributed by atoms with Crippen LogP contribution in [0.5, 0.6) is 0 Å². The predicted molar refractivity (Wildman–Crippen MR) is 68.8 cm³/mol. The zero-order valence-corrected chi connectivity index (χ0v) is 11.7. The van der Waals surface area contributed by atoms with Crippen LogP contribution >= 0.6 is 0 Å². The van der Waals surface area contributed by atoms with Gasteiger partial charge in [-0.25, -0.2) is 4.79 Å². The van der Waals surface area contributed by atoms with Crippen LogP contribution in [0.4, 0.5) is 4.79 Å². The Kier molecular flexibility index (Phi) is 4.07. The number of nitrogens with two attached hydrogens (primary N) is 1. The Morgan fingerprint density at radius 3 is 2.59 bits per heavy atom. The van der Waals surface area contributed by atoms with Crippen molar-refractivity contribution in [3.8, 4) is 0 Å². The van der Waals surface area contributed by atoms with Crippen molar-refractivity contribution in [2.45, 2.75) is 59.1 Å². The Morgan fingerprint density at radius 1 is 1.53 bits per heavy atom. The van der Waals surface area contributed by atoms with E-state index < -0.39 is 5.60 Å². The van der Waals surface area contributed by atoms with Gasteiger partial charge >= 0.3 is 6.09 Å². The maximum atomic E-state index is 12.1. The minimum Gasteiger partial charge on any atom is -0.444 e. The maximum absolute atomic E-state index is 12.1.